The van der Waals surface area contributed by atoms with Crippen LogP contribution in [0.15, 0.2) is 40.6 Å². The molecule has 2 aliphatic heterocycles. The maximum absolute atomic E-state index is 12.8. The number of carbonyl (C=O) groups is 3. The first-order valence-corrected chi connectivity index (χ1v) is 12.0. The number of nitrogens with two attached hydrogens (primary N) is 1. The summed E-state index contributed by atoms with van der Waals surface area (Å²) in [6.07, 6.45) is 2.72. The van der Waals surface area contributed by atoms with Gasteiger partial charge in [0.25, 0.3) is 11.8 Å². The van der Waals surface area contributed by atoms with Crippen LogP contribution < -0.4 is 11.1 Å². The summed E-state index contributed by atoms with van der Waals surface area (Å²) >= 11 is 3.44. The molecule has 0 saturated carbocycles. The number of aliphatic carboxylic acids is 1. The maximum Gasteiger partial charge on any atom is 0.352 e. The Morgan fingerprint density at radius 2 is 2.33 bits per heavy atom. The normalized spacial score (nSPS) is 20.2. The molecule has 2 atom stereocenters. The van der Waals surface area contributed by atoms with Crippen molar-refractivity contribution in [2.24, 2.45) is 5.16 Å². The molecule has 4 N–H and O–H groups in total. The van der Waals surface area contributed by atoms with Gasteiger partial charge in [-0.25, -0.2) is 4.79 Å². The summed E-state index contributed by atoms with van der Waals surface area (Å²) in [5.74, 6) is -1.96. The molecule has 2 amide bonds. The van der Waals surface area contributed by atoms with E-state index in [0.717, 1.165) is 16.4 Å². The molecule has 0 aromatic carbocycles. The quantitative estimate of drug-likeness (QED) is 0.100. The number of amides is 2. The van der Waals surface area contributed by atoms with E-state index >= 15 is 0 Å². The number of thioether (sulfide) groups is 2. The predicted octanol–water partition coefficient (Wildman–Crippen LogP) is 0.536. The maximum atomic E-state index is 12.8. The van der Waals surface area contributed by atoms with Gasteiger partial charge in [0.2, 0.25) is 11.5 Å². The Kier molecular flexibility index (Phi) is 8.09. The number of nitrogen functional groups attached to an aromatic ring is 1. The number of carbonyl (C=O) groups excluding carboxylic acids is 2. The number of nitrogens with zero attached hydrogens (tertiary/aromatic N) is 5. The van der Waals surface area contributed by atoms with Gasteiger partial charge in [0.1, 0.15) is 23.7 Å². The van der Waals surface area contributed by atoms with E-state index in [1.807, 2.05) is 6.07 Å². The first-order valence-electron chi connectivity index (χ1n) is 9.16. The summed E-state index contributed by atoms with van der Waals surface area (Å²) < 4.78 is 3.95. The molecule has 1 unspecified atom stereocenters. The Balaban J connectivity index is 1.76. The first-order chi connectivity index (χ1) is 15.9. The van der Waals surface area contributed by atoms with Crippen molar-refractivity contribution in [2.45, 2.75) is 11.4 Å². The van der Waals surface area contributed by atoms with Crippen LogP contribution in [0.25, 0.3) is 0 Å². The monoisotopic (exact) mass is 507 g/mol. The number of nitriles is 1. The summed E-state index contributed by atoms with van der Waals surface area (Å²) in [6.45, 7) is 3.52. The fraction of sp³-hybridized carbons (Fsp3) is 0.278. The molecule has 15 heteroatoms. The van der Waals surface area contributed by atoms with Crippen molar-refractivity contribution in [3.8, 4) is 6.07 Å². The molecule has 172 valence electrons. The highest BCUT2D eigenvalue weighted by Gasteiger charge is 2.54. The molecule has 1 fully saturated rings. The summed E-state index contributed by atoms with van der Waals surface area (Å²) in [7, 11) is 0. The second kappa shape index (κ2) is 11.0. The van der Waals surface area contributed by atoms with Crippen molar-refractivity contribution >= 4 is 63.7 Å². The number of carboxylic acids is 1. The number of fused-ring (bicyclic) bond motifs is 1. The fourth-order valence-corrected chi connectivity index (χ4v) is 5.50. The minimum atomic E-state index is -1.24. The Morgan fingerprint density at radius 3 is 2.97 bits per heavy atom. The standard InChI is InChI=1S/C18H17N7O5S3/c1-2-5-30-23-10(13-22-18(20)33-24-13)14(26)21-11-15(27)25-12(17(28)29)9(8-32-16(11)25)7-31-6-3-4-19/h2-3,6,11,16H,1,5,7-8H2,(H,21,26)(H,28,29)(H2,20,22,24)/b6-3-,23-10+/t11?,16-/m1/s1. The number of nitrogens with one attached hydrogen (secondary N) is 1. The van der Waals surface area contributed by atoms with Gasteiger partial charge < -0.3 is 21.0 Å². The van der Waals surface area contributed by atoms with E-state index < -0.39 is 29.2 Å². The van der Waals surface area contributed by atoms with Crippen LogP contribution in [-0.4, -0.2) is 72.4 Å². The highest BCUT2D eigenvalue weighted by molar-refractivity contribution is 8.02. The van der Waals surface area contributed by atoms with Crippen LogP contribution in [0.4, 0.5) is 5.13 Å². The second-order valence-corrected chi connectivity index (χ2v) is 9.12. The Labute approximate surface area is 200 Å². The number of hydrogen-bond acceptors (Lipinski definition) is 12. The lowest BCUT2D eigenvalue weighted by Crippen LogP contribution is -2.71. The van der Waals surface area contributed by atoms with Gasteiger partial charge in [-0.05, 0) is 11.0 Å². The van der Waals surface area contributed by atoms with Gasteiger partial charge in [-0.3, -0.25) is 14.5 Å². The van der Waals surface area contributed by atoms with E-state index in [1.165, 1.54) is 35.7 Å². The summed E-state index contributed by atoms with van der Waals surface area (Å²) in [6, 6.07) is 0.886. The molecular weight excluding hydrogens is 490 g/mol. The largest absolute Gasteiger partial charge is 0.477 e. The lowest BCUT2D eigenvalue weighted by Gasteiger charge is -2.49. The molecule has 0 aliphatic carbocycles. The van der Waals surface area contributed by atoms with Crippen molar-refractivity contribution in [3.63, 3.8) is 0 Å². The van der Waals surface area contributed by atoms with Crippen molar-refractivity contribution in [2.75, 3.05) is 23.8 Å². The number of carboxylic acid groups (broad SMARTS) is 1. The molecule has 1 saturated heterocycles. The van der Waals surface area contributed by atoms with E-state index in [2.05, 4.69) is 26.4 Å². The number of allylic oxidation sites excluding steroid dienone is 1. The third-order valence-electron chi connectivity index (χ3n) is 4.25. The number of rotatable bonds is 10. The van der Waals surface area contributed by atoms with Gasteiger partial charge in [0, 0.05) is 29.1 Å². The van der Waals surface area contributed by atoms with E-state index in [9.17, 15) is 19.5 Å². The molecule has 12 nitrogen and oxygen atoms in total. The summed E-state index contributed by atoms with van der Waals surface area (Å²) in [5, 5.41) is 25.6. The number of hydrogen-bond donors (Lipinski definition) is 3. The van der Waals surface area contributed by atoms with Gasteiger partial charge in [-0.1, -0.05) is 17.8 Å². The van der Waals surface area contributed by atoms with Gasteiger partial charge in [-0.15, -0.1) is 23.5 Å². The highest BCUT2D eigenvalue weighted by Crippen LogP contribution is 2.41. The van der Waals surface area contributed by atoms with E-state index in [0.29, 0.717) is 17.1 Å². The minimum absolute atomic E-state index is 0.0299. The fourth-order valence-electron chi connectivity index (χ4n) is 2.90. The third kappa shape index (κ3) is 5.35. The zero-order chi connectivity index (χ0) is 24.0. The molecule has 1 aromatic rings. The van der Waals surface area contributed by atoms with Gasteiger partial charge in [0.05, 0.1) is 6.07 Å². The molecule has 0 bridgehead atoms. The van der Waals surface area contributed by atoms with Crippen LogP contribution in [0.5, 0.6) is 0 Å². The van der Waals surface area contributed by atoms with Crippen molar-refractivity contribution in [3.05, 3.63) is 41.2 Å². The van der Waals surface area contributed by atoms with Gasteiger partial charge in [0.15, 0.2) is 5.13 Å². The van der Waals surface area contributed by atoms with Crippen LogP contribution in [0.2, 0.25) is 0 Å². The van der Waals surface area contributed by atoms with E-state index in [4.69, 9.17) is 15.8 Å². The van der Waals surface area contributed by atoms with Crippen LogP contribution >= 0.6 is 35.1 Å². The molecular formula is C18H17N7O5S3. The zero-order valence-corrected chi connectivity index (χ0v) is 19.3. The average molecular weight is 508 g/mol. The lowest BCUT2D eigenvalue weighted by atomic mass is 10.0. The molecule has 0 spiro atoms. The summed E-state index contributed by atoms with van der Waals surface area (Å²) in [5.41, 5.74) is 5.76. The van der Waals surface area contributed by atoms with Gasteiger partial charge >= 0.3 is 5.97 Å². The Bertz CT molecular complexity index is 1110. The second-order valence-electron chi connectivity index (χ2n) is 6.34. The topological polar surface area (TPSA) is 184 Å². The average Bonchev–Trinajstić information content (AvgIpc) is 3.22. The summed E-state index contributed by atoms with van der Waals surface area (Å²) in [4.78, 5) is 47.6. The zero-order valence-electron chi connectivity index (χ0n) is 16.8. The van der Waals surface area contributed by atoms with Crippen LogP contribution in [0.1, 0.15) is 5.82 Å². The number of β-lactam (4-membered cyclic amide) rings is 1. The van der Waals surface area contributed by atoms with E-state index in [1.54, 1.807) is 5.41 Å². The molecule has 1 aromatic heterocycles. The lowest BCUT2D eigenvalue weighted by molar-refractivity contribution is -0.150. The van der Waals surface area contributed by atoms with Crippen molar-refractivity contribution < 1.29 is 24.3 Å². The van der Waals surface area contributed by atoms with Crippen LogP contribution in [0.3, 0.4) is 0 Å². The van der Waals surface area contributed by atoms with E-state index in [-0.39, 0.29) is 29.0 Å². The minimum Gasteiger partial charge on any atom is -0.477 e. The van der Waals surface area contributed by atoms with Crippen molar-refractivity contribution in [1.82, 2.24) is 19.6 Å². The molecule has 3 heterocycles. The molecule has 0 radical (unpaired) electrons. The Morgan fingerprint density at radius 1 is 1.55 bits per heavy atom. The van der Waals surface area contributed by atoms with Crippen LogP contribution in [0, 0.1) is 11.3 Å². The first kappa shape index (κ1) is 24.3. The number of anilines is 1. The predicted molar refractivity (Wildman–Crippen MR) is 124 cm³/mol. The smallest absolute Gasteiger partial charge is 0.352 e. The molecule has 33 heavy (non-hydrogen) atoms. The number of oxime groups is 1. The third-order valence-corrected chi connectivity index (χ3v) is 6.98. The highest BCUT2D eigenvalue weighted by atomic mass is 32.2. The molecule has 3 rings (SSSR count). The number of aromatic nitrogens is 2. The van der Waals surface area contributed by atoms with Gasteiger partial charge in [-0.2, -0.15) is 14.6 Å². The molecule has 2 aliphatic rings. The van der Waals surface area contributed by atoms with Crippen LogP contribution in [-0.2, 0) is 19.2 Å². The van der Waals surface area contributed by atoms with Crippen molar-refractivity contribution in [1.29, 1.82) is 5.26 Å². The Hall–Kier alpha value is -3.35. The SMILES string of the molecule is C=CCO/N=C(/C(=O)NC1C(=O)N2C(C(=O)O)=C(CS/C=C\C#N)CS[C@H]12)c1nsc(N)n1.